The van der Waals surface area contributed by atoms with Crippen LogP contribution in [0.5, 0.6) is 0 Å². The molecule has 1 N–H and O–H groups in total. The van der Waals surface area contributed by atoms with Crippen LogP contribution in [0.3, 0.4) is 0 Å². The minimum absolute atomic E-state index is 0.223. The molecule has 9 heteroatoms. The lowest BCUT2D eigenvalue weighted by molar-refractivity contribution is -0.161. The lowest BCUT2D eigenvalue weighted by Crippen LogP contribution is -2.29. The van der Waals surface area contributed by atoms with Gasteiger partial charge in [-0.2, -0.15) is 0 Å². The van der Waals surface area contributed by atoms with Crippen LogP contribution in [0.2, 0.25) is 0 Å². The number of hydrogen-bond acceptors (Lipinski definition) is 7. The quantitative estimate of drug-likeness (QED) is 0.0295. The Balaban J connectivity index is 4.00. The molecular weight excluding hydrogens is 627 g/mol. The molecule has 8 nitrogen and oxygen atoms in total. The van der Waals surface area contributed by atoms with Crippen LogP contribution in [0.1, 0.15) is 200 Å². The van der Waals surface area contributed by atoms with Gasteiger partial charge in [-0.3, -0.25) is 18.6 Å². The molecule has 0 fully saturated rings. The van der Waals surface area contributed by atoms with E-state index in [4.69, 9.17) is 14.0 Å². The Kier molecular flexibility index (Phi) is 34.7. The summed E-state index contributed by atoms with van der Waals surface area (Å²) in [5.41, 5.74) is 0. The van der Waals surface area contributed by atoms with Crippen molar-refractivity contribution < 1.29 is 37.6 Å². The van der Waals surface area contributed by atoms with E-state index in [1.807, 2.05) is 0 Å². The number of phosphoric ester groups is 1. The number of esters is 2. The summed E-state index contributed by atoms with van der Waals surface area (Å²) < 4.78 is 31.9. The molecule has 0 bridgehead atoms. The van der Waals surface area contributed by atoms with E-state index in [9.17, 15) is 19.0 Å². The van der Waals surface area contributed by atoms with Crippen LogP contribution in [0.15, 0.2) is 12.2 Å². The fourth-order valence-electron chi connectivity index (χ4n) is 5.65. The molecule has 0 amide bonds. The molecule has 0 aromatic carbocycles. The first-order chi connectivity index (χ1) is 23.3. The van der Waals surface area contributed by atoms with E-state index < -0.39 is 26.5 Å². The number of carbonyl (C=O) groups excluding carboxylic acids is 2. The third-order valence-corrected chi connectivity index (χ3v) is 9.70. The van der Waals surface area contributed by atoms with Crippen molar-refractivity contribution in [3.8, 4) is 0 Å². The molecular formula is C39H75O8P. The molecule has 0 aromatic rings. The summed E-state index contributed by atoms with van der Waals surface area (Å²) in [7, 11) is -3.19. The topological polar surface area (TPSA) is 108 Å². The maximum Gasteiger partial charge on any atom is 0.472 e. The Bertz CT molecular complexity index is 803. The molecule has 0 aliphatic carbocycles. The molecule has 0 aliphatic rings. The largest absolute Gasteiger partial charge is 0.472 e. The number of carbonyl (C=O) groups is 2. The fourth-order valence-corrected chi connectivity index (χ4v) is 6.11. The Morgan fingerprint density at radius 2 is 0.938 bits per heavy atom. The number of allylic oxidation sites excluding steroid dienone is 2. The van der Waals surface area contributed by atoms with Crippen LogP contribution < -0.4 is 0 Å². The van der Waals surface area contributed by atoms with E-state index in [1.165, 1.54) is 116 Å². The molecule has 0 saturated heterocycles. The number of rotatable bonds is 37. The molecule has 0 aromatic heterocycles. The third-order valence-electron chi connectivity index (χ3n) is 8.76. The maximum absolute atomic E-state index is 12.4. The predicted octanol–water partition coefficient (Wildman–Crippen LogP) is 12.1. The molecule has 0 aliphatic heterocycles. The first-order valence-corrected chi connectivity index (χ1v) is 21.4. The Hall–Kier alpha value is -1.21. The van der Waals surface area contributed by atoms with Crippen LogP contribution in [0.4, 0.5) is 0 Å². The van der Waals surface area contributed by atoms with Gasteiger partial charge in [-0.1, -0.05) is 161 Å². The zero-order valence-corrected chi connectivity index (χ0v) is 32.3. The van der Waals surface area contributed by atoms with Crippen LogP contribution in [0, 0.1) is 0 Å². The zero-order chi connectivity index (χ0) is 35.4. The lowest BCUT2D eigenvalue weighted by Gasteiger charge is -2.19. The smallest absolute Gasteiger partial charge is 0.462 e. The summed E-state index contributed by atoms with van der Waals surface area (Å²) in [4.78, 5) is 34.3. The van der Waals surface area contributed by atoms with Crippen molar-refractivity contribution in [3.63, 3.8) is 0 Å². The Labute approximate surface area is 295 Å². The summed E-state index contributed by atoms with van der Waals surface area (Å²) in [6, 6.07) is 0. The summed E-state index contributed by atoms with van der Waals surface area (Å²) in [5, 5.41) is 0. The van der Waals surface area contributed by atoms with Gasteiger partial charge in [-0.15, -0.1) is 0 Å². The van der Waals surface area contributed by atoms with E-state index in [2.05, 4.69) is 30.5 Å². The second kappa shape index (κ2) is 35.6. The van der Waals surface area contributed by atoms with E-state index >= 15 is 0 Å². The van der Waals surface area contributed by atoms with Crippen molar-refractivity contribution in [2.75, 3.05) is 20.3 Å². The molecule has 2 unspecified atom stereocenters. The van der Waals surface area contributed by atoms with Crippen LogP contribution >= 0.6 is 7.82 Å². The molecule has 48 heavy (non-hydrogen) atoms. The highest BCUT2D eigenvalue weighted by atomic mass is 31.2. The first-order valence-electron chi connectivity index (χ1n) is 19.9. The first kappa shape index (κ1) is 46.8. The Morgan fingerprint density at radius 1 is 0.562 bits per heavy atom. The summed E-state index contributed by atoms with van der Waals surface area (Å²) in [5.74, 6) is -0.805. The highest BCUT2D eigenvalue weighted by molar-refractivity contribution is 7.47. The number of ether oxygens (including phenoxy) is 2. The standard InChI is InChI=1S/C39H75O8P/c1-4-6-8-10-12-14-16-18-19-20-22-23-25-27-29-31-33-38(40)45-35-37(36-46-48(42,43)44-3)47-39(41)34-32-30-28-26-24-21-17-15-13-11-9-7-5-2/h15,17,37H,4-14,16,18-36H2,1-3H3,(H,42,43)/b17-15-. The molecule has 0 radical (unpaired) electrons. The van der Waals surface area contributed by atoms with Crippen molar-refractivity contribution in [3.05, 3.63) is 12.2 Å². The molecule has 284 valence electrons. The second-order valence-electron chi connectivity index (χ2n) is 13.4. The monoisotopic (exact) mass is 703 g/mol. The van der Waals surface area contributed by atoms with Crippen molar-refractivity contribution >= 4 is 19.8 Å². The highest BCUT2D eigenvalue weighted by Gasteiger charge is 2.24. The van der Waals surface area contributed by atoms with E-state index in [1.54, 1.807) is 0 Å². The summed E-state index contributed by atoms with van der Waals surface area (Å²) in [6.45, 7) is 3.87. The van der Waals surface area contributed by atoms with Crippen molar-refractivity contribution in [2.24, 2.45) is 0 Å². The van der Waals surface area contributed by atoms with Crippen LogP contribution in [-0.2, 0) is 32.7 Å². The maximum atomic E-state index is 12.4. The summed E-state index contributed by atoms with van der Waals surface area (Å²) >= 11 is 0. The SMILES string of the molecule is CCCCCC/C=C\CCCCCCCC(=O)OC(COC(=O)CCCCCCCCCCCCCCCCCC)COP(=O)(O)OC. The van der Waals surface area contributed by atoms with Crippen LogP contribution in [0.25, 0.3) is 0 Å². The van der Waals surface area contributed by atoms with Gasteiger partial charge in [0.1, 0.15) is 6.61 Å². The van der Waals surface area contributed by atoms with Gasteiger partial charge in [0.15, 0.2) is 6.10 Å². The number of unbranched alkanes of at least 4 members (excludes halogenated alkanes) is 24. The average Bonchev–Trinajstić information content (AvgIpc) is 3.07. The third kappa shape index (κ3) is 34.6. The van der Waals surface area contributed by atoms with Gasteiger partial charge in [0.25, 0.3) is 0 Å². The van der Waals surface area contributed by atoms with Gasteiger partial charge in [-0.25, -0.2) is 4.57 Å². The normalized spacial score (nSPS) is 13.5. The molecule has 0 saturated carbocycles. The lowest BCUT2D eigenvalue weighted by atomic mass is 10.0. The van der Waals surface area contributed by atoms with Crippen molar-refractivity contribution in [1.82, 2.24) is 0 Å². The second-order valence-corrected chi connectivity index (χ2v) is 15.0. The van der Waals surface area contributed by atoms with Crippen LogP contribution in [-0.4, -0.2) is 43.3 Å². The van der Waals surface area contributed by atoms with Gasteiger partial charge in [0, 0.05) is 20.0 Å². The van der Waals surface area contributed by atoms with Gasteiger partial charge >= 0.3 is 19.8 Å². The van der Waals surface area contributed by atoms with E-state index in [0.717, 1.165) is 58.5 Å². The molecule has 0 heterocycles. The fraction of sp³-hybridized carbons (Fsp3) is 0.897. The molecule has 0 rings (SSSR count). The minimum Gasteiger partial charge on any atom is -0.462 e. The van der Waals surface area contributed by atoms with Gasteiger partial charge in [0.05, 0.1) is 6.61 Å². The van der Waals surface area contributed by atoms with Crippen molar-refractivity contribution in [2.45, 2.75) is 206 Å². The average molecular weight is 703 g/mol. The Morgan fingerprint density at radius 3 is 1.38 bits per heavy atom. The van der Waals surface area contributed by atoms with Gasteiger partial charge in [0.2, 0.25) is 0 Å². The predicted molar refractivity (Wildman–Crippen MR) is 198 cm³/mol. The highest BCUT2D eigenvalue weighted by Crippen LogP contribution is 2.42. The molecule has 0 spiro atoms. The van der Waals surface area contributed by atoms with Crippen molar-refractivity contribution in [1.29, 1.82) is 0 Å². The van der Waals surface area contributed by atoms with E-state index in [0.29, 0.717) is 12.8 Å². The van der Waals surface area contributed by atoms with E-state index in [-0.39, 0.29) is 19.0 Å². The van der Waals surface area contributed by atoms with Gasteiger partial charge in [-0.05, 0) is 38.5 Å². The number of hydrogen-bond donors (Lipinski definition) is 1. The zero-order valence-electron chi connectivity index (χ0n) is 31.4. The molecule has 2 atom stereocenters. The summed E-state index contributed by atoms with van der Waals surface area (Å²) in [6.07, 6.45) is 36.9. The minimum atomic E-state index is -4.25. The number of phosphoric acid groups is 1. The van der Waals surface area contributed by atoms with Gasteiger partial charge < -0.3 is 14.4 Å².